The Bertz CT molecular complexity index is 562. The summed E-state index contributed by atoms with van der Waals surface area (Å²) < 4.78 is 28.6. The van der Waals surface area contributed by atoms with E-state index in [4.69, 9.17) is 5.73 Å². The second-order valence-electron chi connectivity index (χ2n) is 5.54. The van der Waals surface area contributed by atoms with Gasteiger partial charge in [-0.15, -0.1) is 11.3 Å². The molecule has 5 nitrogen and oxygen atoms in total. The summed E-state index contributed by atoms with van der Waals surface area (Å²) in [5.74, 6) is 0.478. The second-order valence-corrected chi connectivity index (χ2v) is 8.47. The van der Waals surface area contributed by atoms with Gasteiger partial charge < -0.3 is 5.73 Å². The smallest absolute Gasteiger partial charge is 0.282 e. The second kappa shape index (κ2) is 5.73. The average Bonchev–Trinajstić information content (AvgIpc) is 2.94. The molecule has 0 saturated carbocycles. The fraction of sp³-hybridized carbons (Fsp3) is 0.692. The molecule has 2 N–H and O–H groups in total. The van der Waals surface area contributed by atoms with Gasteiger partial charge in [0.2, 0.25) is 0 Å². The monoisotopic (exact) mass is 315 g/mol. The number of rotatable bonds is 3. The minimum Gasteiger partial charge on any atom is -0.330 e. The van der Waals surface area contributed by atoms with E-state index in [1.54, 1.807) is 19.9 Å². The first kappa shape index (κ1) is 14.5. The maximum Gasteiger partial charge on any atom is 0.282 e. The first-order valence-electron chi connectivity index (χ1n) is 7.12. The fourth-order valence-corrected chi connectivity index (χ4v) is 5.47. The Kier molecular flexibility index (Phi) is 4.14. The maximum atomic E-state index is 12.7. The van der Waals surface area contributed by atoms with Crippen molar-refractivity contribution in [3.05, 3.63) is 21.9 Å². The maximum absolute atomic E-state index is 12.7. The third-order valence-electron chi connectivity index (χ3n) is 4.33. The van der Waals surface area contributed by atoms with Gasteiger partial charge in [-0.1, -0.05) is 0 Å². The third kappa shape index (κ3) is 2.65. The Morgan fingerprint density at radius 3 is 2.70 bits per heavy atom. The zero-order chi connectivity index (χ0) is 14.2. The van der Waals surface area contributed by atoms with Crippen molar-refractivity contribution in [3.8, 4) is 0 Å². The summed E-state index contributed by atoms with van der Waals surface area (Å²) in [5, 5.41) is 2.05. The number of thiophene rings is 1. The van der Waals surface area contributed by atoms with Crippen molar-refractivity contribution in [2.45, 2.75) is 25.8 Å². The molecule has 1 fully saturated rings. The summed E-state index contributed by atoms with van der Waals surface area (Å²) in [6.07, 6.45) is 2.60. The van der Waals surface area contributed by atoms with E-state index >= 15 is 0 Å². The highest BCUT2D eigenvalue weighted by atomic mass is 32.2. The molecule has 2 aliphatic rings. The predicted molar refractivity (Wildman–Crippen MR) is 80.7 cm³/mol. The summed E-state index contributed by atoms with van der Waals surface area (Å²) >= 11 is 1.73. The first-order valence-corrected chi connectivity index (χ1v) is 9.39. The fourth-order valence-electron chi connectivity index (χ4n) is 2.96. The zero-order valence-electron chi connectivity index (χ0n) is 11.5. The van der Waals surface area contributed by atoms with Gasteiger partial charge in [0, 0.05) is 31.1 Å². The molecule has 0 bridgehead atoms. The topological polar surface area (TPSA) is 66.6 Å². The lowest BCUT2D eigenvalue weighted by Crippen LogP contribution is -2.48. The molecule has 112 valence electrons. The predicted octanol–water partition coefficient (Wildman–Crippen LogP) is 1.02. The molecule has 20 heavy (non-hydrogen) atoms. The lowest BCUT2D eigenvalue weighted by atomic mass is 9.99. The van der Waals surface area contributed by atoms with Crippen LogP contribution >= 0.6 is 11.3 Å². The molecule has 1 aromatic rings. The zero-order valence-corrected chi connectivity index (χ0v) is 13.1. The van der Waals surface area contributed by atoms with Crippen LogP contribution in [0.5, 0.6) is 0 Å². The minimum atomic E-state index is -3.31. The van der Waals surface area contributed by atoms with Crippen molar-refractivity contribution >= 4 is 21.5 Å². The lowest BCUT2D eigenvalue weighted by molar-refractivity contribution is 0.253. The normalized spacial score (nSPS) is 22.9. The van der Waals surface area contributed by atoms with Crippen LogP contribution in [0.3, 0.4) is 0 Å². The van der Waals surface area contributed by atoms with Gasteiger partial charge in [-0.2, -0.15) is 17.0 Å². The average molecular weight is 315 g/mol. The standard InChI is InChI=1S/C13H21N3O2S2/c14-9-11-1-5-15(6-2-11)20(17,18)16-7-3-13-12(10-16)4-8-19-13/h4,8,11H,1-3,5-7,9-10,14H2. The molecule has 7 heteroatoms. The van der Waals surface area contributed by atoms with E-state index in [0.29, 0.717) is 38.6 Å². The molecule has 1 saturated heterocycles. The van der Waals surface area contributed by atoms with Crippen molar-refractivity contribution in [2.24, 2.45) is 11.7 Å². The summed E-state index contributed by atoms with van der Waals surface area (Å²) in [7, 11) is -3.31. The number of nitrogens with zero attached hydrogens (tertiary/aromatic N) is 2. The third-order valence-corrected chi connectivity index (χ3v) is 7.34. The molecular weight excluding hydrogens is 294 g/mol. The number of fused-ring (bicyclic) bond motifs is 1. The van der Waals surface area contributed by atoms with Gasteiger partial charge in [-0.3, -0.25) is 0 Å². The van der Waals surface area contributed by atoms with Gasteiger partial charge in [-0.05, 0) is 48.7 Å². The van der Waals surface area contributed by atoms with Crippen LogP contribution in [-0.2, 0) is 23.2 Å². The Labute approximate surface area is 124 Å². The molecule has 0 atom stereocenters. The van der Waals surface area contributed by atoms with Crippen LogP contribution in [0.25, 0.3) is 0 Å². The number of piperidine rings is 1. The highest BCUT2D eigenvalue weighted by Gasteiger charge is 2.34. The van der Waals surface area contributed by atoms with Crippen molar-refractivity contribution in [1.82, 2.24) is 8.61 Å². The van der Waals surface area contributed by atoms with E-state index < -0.39 is 10.2 Å². The van der Waals surface area contributed by atoms with Crippen LogP contribution in [0.1, 0.15) is 23.3 Å². The van der Waals surface area contributed by atoms with Gasteiger partial charge in [0.15, 0.2) is 0 Å². The molecule has 0 aromatic carbocycles. The number of hydrogen-bond donors (Lipinski definition) is 1. The SMILES string of the molecule is NCC1CCN(S(=O)(=O)N2CCc3sccc3C2)CC1. The van der Waals surface area contributed by atoms with Gasteiger partial charge in [0.25, 0.3) is 10.2 Å². The Morgan fingerprint density at radius 2 is 2.00 bits per heavy atom. The van der Waals surface area contributed by atoms with E-state index in [2.05, 4.69) is 0 Å². The molecule has 0 radical (unpaired) electrons. The Balaban J connectivity index is 1.70. The van der Waals surface area contributed by atoms with Crippen molar-refractivity contribution < 1.29 is 8.42 Å². The van der Waals surface area contributed by atoms with Gasteiger partial charge in [0.05, 0.1) is 0 Å². The molecule has 1 aromatic heterocycles. The van der Waals surface area contributed by atoms with Crippen LogP contribution in [0.4, 0.5) is 0 Å². The summed E-state index contributed by atoms with van der Waals surface area (Å²) in [6, 6.07) is 2.04. The molecule has 0 spiro atoms. The van der Waals surface area contributed by atoms with E-state index in [0.717, 1.165) is 19.3 Å². The van der Waals surface area contributed by atoms with E-state index in [1.165, 1.54) is 10.4 Å². The van der Waals surface area contributed by atoms with Crippen LogP contribution in [0.15, 0.2) is 11.4 Å². The Morgan fingerprint density at radius 1 is 1.25 bits per heavy atom. The summed E-state index contributed by atoms with van der Waals surface area (Å²) in [4.78, 5) is 1.33. The van der Waals surface area contributed by atoms with Crippen LogP contribution in [0, 0.1) is 5.92 Å². The lowest BCUT2D eigenvalue weighted by Gasteiger charge is -2.35. The quantitative estimate of drug-likeness (QED) is 0.905. The van der Waals surface area contributed by atoms with Crippen molar-refractivity contribution in [3.63, 3.8) is 0 Å². The van der Waals surface area contributed by atoms with Gasteiger partial charge in [0.1, 0.15) is 0 Å². The molecule has 3 heterocycles. The molecule has 0 unspecified atom stereocenters. The minimum absolute atomic E-state index is 0.478. The van der Waals surface area contributed by atoms with Crippen molar-refractivity contribution in [2.75, 3.05) is 26.2 Å². The largest absolute Gasteiger partial charge is 0.330 e. The molecule has 0 aliphatic carbocycles. The molecule has 0 amide bonds. The molecular formula is C13H21N3O2S2. The van der Waals surface area contributed by atoms with E-state index in [9.17, 15) is 8.42 Å². The van der Waals surface area contributed by atoms with Crippen molar-refractivity contribution in [1.29, 1.82) is 0 Å². The number of hydrogen-bond acceptors (Lipinski definition) is 4. The van der Waals surface area contributed by atoms with Gasteiger partial charge in [-0.25, -0.2) is 0 Å². The van der Waals surface area contributed by atoms with Crippen LogP contribution < -0.4 is 5.73 Å². The van der Waals surface area contributed by atoms with Crippen LogP contribution in [0.2, 0.25) is 0 Å². The molecule has 2 aliphatic heterocycles. The van der Waals surface area contributed by atoms with E-state index in [-0.39, 0.29) is 0 Å². The number of nitrogens with two attached hydrogens (primary N) is 1. The van der Waals surface area contributed by atoms with Crippen LogP contribution in [-0.4, -0.2) is 43.2 Å². The highest BCUT2D eigenvalue weighted by Crippen LogP contribution is 2.28. The molecule has 3 rings (SSSR count). The Hall–Kier alpha value is -0.470. The summed E-state index contributed by atoms with van der Waals surface area (Å²) in [6.45, 7) is 3.01. The summed E-state index contributed by atoms with van der Waals surface area (Å²) in [5.41, 5.74) is 6.83. The van der Waals surface area contributed by atoms with E-state index in [1.807, 2.05) is 11.4 Å². The first-order chi connectivity index (χ1) is 9.61. The highest BCUT2D eigenvalue weighted by molar-refractivity contribution is 7.86. The van der Waals surface area contributed by atoms with Gasteiger partial charge >= 0.3 is 0 Å².